The first-order valence-corrected chi connectivity index (χ1v) is 10.5. The van der Waals surface area contributed by atoms with Crippen LogP contribution in [0.25, 0.3) is 0 Å². The quantitative estimate of drug-likeness (QED) is 0.332. The molecule has 0 aliphatic carbocycles. The van der Waals surface area contributed by atoms with Crippen molar-refractivity contribution in [3.05, 3.63) is 42.2 Å². The number of benzene rings is 1. The highest BCUT2D eigenvalue weighted by Gasteiger charge is 2.27. The van der Waals surface area contributed by atoms with Crippen molar-refractivity contribution >= 4 is 41.5 Å². The molecule has 0 radical (unpaired) electrons. The van der Waals surface area contributed by atoms with Crippen molar-refractivity contribution < 1.29 is 9.53 Å². The SMILES string of the molecule is CCNC(=NCCc1ccc(OC(C)C)cc1)N1CCN(c2cnn(C)c2)C(=O)C1.I. The second-order valence-electron chi connectivity index (χ2n) is 7.64. The van der Waals surface area contributed by atoms with E-state index in [2.05, 4.69) is 22.5 Å². The lowest BCUT2D eigenvalue weighted by Crippen LogP contribution is -2.55. The summed E-state index contributed by atoms with van der Waals surface area (Å²) in [4.78, 5) is 21.2. The molecule has 8 nitrogen and oxygen atoms in total. The van der Waals surface area contributed by atoms with Crippen molar-refractivity contribution in [2.45, 2.75) is 33.3 Å². The lowest BCUT2D eigenvalue weighted by Gasteiger charge is -2.35. The Bertz CT molecular complexity index is 865. The topological polar surface area (TPSA) is 75.0 Å². The van der Waals surface area contributed by atoms with Crippen LogP contribution < -0.4 is 15.0 Å². The first-order valence-electron chi connectivity index (χ1n) is 10.5. The van der Waals surface area contributed by atoms with E-state index in [4.69, 9.17) is 9.73 Å². The number of hydrogen-bond acceptors (Lipinski definition) is 4. The highest BCUT2D eigenvalue weighted by molar-refractivity contribution is 14.0. The number of carbonyl (C=O) groups excluding carboxylic acids is 1. The number of rotatable bonds is 7. The van der Waals surface area contributed by atoms with Crippen LogP contribution in [0.5, 0.6) is 5.75 Å². The molecule has 2 aromatic rings. The Morgan fingerprint density at radius 1 is 1.26 bits per heavy atom. The molecule has 1 aliphatic heterocycles. The third kappa shape index (κ3) is 7.12. The van der Waals surface area contributed by atoms with Gasteiger partial charge < -0.3 is 19.9 Å². The number of anilines is 1. The number of guanidine groups is 1. The number of nitrogens with one attached hydrogen (secondary N) is 1. The van der Waals surface area contributed by atoms with E-state index in [1.165, 1.54) is 5.56 Å². The molecule has 1 amide bonds. The lowest BCUT2D eigenvalue weighted by atomic mass is 10.1. The monoisotopic (exact) mass is 540 g/mol. The minimum atomic E-state index is 0. The number of nitrogens with zero attached hydrogens (tertiary/aromatic N) is 5. The molecule has 0 atom stereocenters. The van der Waals surface area contributed by atoms with Crippen LogP contribution in [0.4, 0.5) is 5.69 Å². The van der Waals surface area contributed by atoms with Gasteiger partial charge in [0.1, 0.15) is 12.3 Å². The van der Waals surface area contributed by atoms with Crippen LogP contribution in [0.1, 0.15) is 26.3 Å². The van der Waals surface area contributed by atoms with Gasteiger partial charge in [0.15, 0.2) is 5.96 Å². The second kappa shape index (κ2) is 11.9. The van der Waals surface area contributed by atoms with Crippen LogP contribution in [0.3, 0.4) is 0 Å². The van der Waals surface area contributed by atoms with Gasteiger partial charge in [-0.2, -0.15) is 5.10 Å². The molecule has 31 heavy (non-hydrogen) atoms. The summed E-state index contributed by atoms with van der Waals surface area (Å²) < 4.78 is 7.40. The third-order valence-corrected chi connectivity index (χ3v) is 4.82. The first kappa shape index (κ1) is 25.0. The van der Waals surface area contributed by atoms with Crippen LogP contribution in [-0.2, 0) is 18.3 Å². The largest absolute Gasteiger partial charge is 0.491 e. The molecule has 1 aromatic carbocycles. The second-order valence-corrected chi connectivity index (χ2v) is 7.64. The molecule has 0 bridgehead atoms. The zero-order valence-electron chi connectivity index (χ0n) is 18.7. The molecule has 9 heteroatoms. The highest BCUT2D eigenvalue weighted by Crippen LogP contribution is 2.16. The molecule has 1 N–H and O–H groups in total. The van der Waals surface area contributed by atoms with Crippen molar-refractivity contribution in [2.24, 2.45) is 12.0 Å². The van der Waals surface area contributed by atoms with Crippen molar-refractivity contribution in [1.82, 2.24) is 20.0 Å². The maximum atomic E-state index is 12.7. The van der Waals surface area contributed by atoms with E-state index in [1.807, 2.05) is 51.0 Å². The summed E-state index contributed by atoms with van der Waals surface area (Å²) >= 11 is 0. The smallest absolute Gasteiger partial charge is 0.246 e. The van der Waals surface area contributed by atoms with E-state index in [0.29, 0.717) is 19.6 Å². The molecule has 1 fully saturated rings. The van der Waals surface area contributed by atoms with Gasteiger partial charge in [-0.3, -0.25) is 14.5 Å². The minimum Gasteiger partial charge on any atom is -0.491 e. The van der Waals surface area contributed by atoms with Gasteiger partial charge in [0.25, 0.3) is 0 Å². The van der Waals surface area contributed by atoms with Crippen LogP contribution in [0.15, 0.2) is 41.7 Å². The average molecular weight is 540 g/mol. The fourth-order valence-electron chi connectivity index (χ4n) is 3.40. The van der Waals surface area contributed by atoms with Gasteiger partial charge in [-0.05, 0) is 44.9 Å². The van der Waals surface area contributed by atoms with Gasteiger partial charge in [-0.25, -0.2) is 0 Å². The number of carbonyl (C=O) groups is 1. The van der Waals surface area contributed by atoms with E-state index < -0.39 is 0 Å². The lowest BCUT2D eigenvalue weighted by molar-refractivity contribution is -0.120. The molecule has 1 saturated heterocycles. The molecule has 0 unspecified atom stereocenters. The van der Waals surface area contributed by atoms with Gasteiger partial charge in [-0.1, -0.05) is 12.1 Å². The molecular formula is C22H33IN6O2. The Balaban J connectivity index is 0.00000341. The Morgan fingerprint density at radius 2 is 2.00 bits per heavy atom. The van der Waals surface area contributed by atoms with Crippen molar-refractivity contribution in [2.75, 3.05) is 37.6 Å². The van der Waals surface area contributed by atoms with Crippen molar-refractivity contribution in [3.63, 3.8) is 0 Å². The number of aryl methyl sites for hydroxylation is 1. The minimum absolute atomic E-state index is 0. The molecular weight excluding hydrogens is 507 g/mol. The molecule has 1 aromatic heterocycles. The van der Waals surface area contributed by atoms with Gasteiger partial charge >= 0.3 is 0 Å². The first-order chi connectivity index (χ1) is 14.5. The summed E-state index contributed by atoms with van der Waals surface area (Å²) in [6.45, 7) is 9.15. The summed E-state index contributed by atoms with van der Waals surface area (Å²) in [7, 11) is 1.85. The Labute approximate surface area is 201 Å². The normalized spacial score (nSPS) is 14.6. The van der Waals surface area contributed by atoms with Crippen LogP contribution in [0.2, 0.25) is 0 Å². The van der Waals surface area contributed by atoms with E-state index in [1.54, 1.807) is 15.8 Å². The molecule has 170 valence electrons. The maximum absolute atomic E-state index is 12.7. The number of ether oxygens (including phenoxy) is 1. The zero-order valence-corrected chi connectivity index (χ0v) is 21.1. The molecule has 0 saturated carbocycles. The van der Waals surface area contributed by atoms with E-state index >= 15 is 0 Å². The predicted octanol–water partition coefficient (Wildman–Crippen LogP) is 2.68. The number of aromatic nitrogens is 2. The molecule has 2 heterocycles. The Hall–Kier alpha value is -2.30. The molecule has 0 spiro atoms. The average Bonchev–Trinajstić information content (AvgIpc) is 3.14. The summed E-state index contributed by atoms with van der Waals surface area (Å²) in [5, 5.41) is 7.48. The van der Waals surface area contributed by atoms with Crippen LogP contribution >= 0.6 is 24.0 Å². The van der Waals surface area contributed by atoms with Crippen LogP contribution in [0, 0.1) is 0 Å². The number of aliphatic imine (C=N–C) groups is 1. The van der Waals surface area contributed by atoms with Crippen molar-refractivity contribution in [3.8, 4) is 5.75 Å². The number of piperazine rings is 1. The van der Waals surface area contributed by atoms with E-state index in [9.17, 15) is 4.79 Å². The zero-order chi connectivity index (χ0) is 21.5. The number of hydrogen-bond donors (Lipinski definition) is 1. The Morgan fingerprint density at radius 3 is 2.58 bits per heavy atom. The molecule has 1 aliphatic rings. The van der Waals surface area contributed by atoms with Gasteiger partial charge in [0, 0.05) is 39.4 Å². The number of halogens is 1. The standard InChI is InChI=1S/C22H32N6O2.HI/c1-5-23-22(24-11-10-18-6-8-20(9-7-18)30-17(2)3)27-12-13-28(21(29)16-27)19-14-25-26(4)15-19;/h6-9,14-15,17H,5,10-13,16H2,1-4H3,(H,23,24);1H. The fraction of sp³-hybridized carbons (Fsp3) is 0.500. The third-order valence-electron chi connectivity index (χ3n) is 4.82. The summed E-state index contributed by atoms with van der Waals surface area (Å²) in [6, 6.07) is 8.16. The van der Waals surface area contributed by atoms with Gasteiger partial charge in [0.2, 0.25) is 5.91 Å². The van der Waals surface area contributed by atoms with Gasteiger partial charge in [0.05, 0.1) is 18.0 Å². The predicted molar refractivity (Wildman–Crippen MR) is 134 cm³/mol. The van der Waals surface area contributed by atoms with E-state index in [0.717, 1.165) is 36.9 Å². The fourth-order valence-corrected chi connectivity index (χ4v) is 3.40. The van der Waals surface area contributed by atoms with Crippen LogP contribution in [-0.4, -0.2) is 65.4 Å². The summed E-state index contributed by atoms with van der Waals surface area (Å²) in [6.07, 6.45) is 4.60. The maximum Gasteiger partial charge on any atom is 0.246 e. The summed E-state index contributed by atoms with van der Waals surface area (Å²) in [5.41, 5.74) is 2.05. The molecule has 3 rings (SSSR count). The van der Waals surface area contributed by atoms with Crippen molar-refractivity contribution in [1.29, 1.82) is 0 Å². The number of amides is 1. The highest BCUT2D eigenvalue weighted by atomic mass is 127. The van der Waals surface area contributed by atoms with Gasteiger partial charge in [-0.15, -0.1) is 24.0 Å². The van der Waals surface area contributed by atoms with E-state index in [-0.39, 0.29) is 36.0 Å². The Kier molecular flexibility index (Phi) is 9.60. The summed E-state index contributed by atoms with van der Waals surface area (Å²) in [5.74, 6) is 1.73.